The van der Waals surface area contributed by atoms with Gasteiger partial charge in [0.1, 0.15) is 0 Å². The van der Waals surface area contributed by atoms with Gasteiger partial charge in [0, 0.05) is 31.3 Å². The van der Waals surface area contributed by atoms with Crippen molar-refractivity contribution in [2.45, 2.75) is 46.5 Å². The van der Waals surface area contributed by atoms with Crippen LogP contribution < -0.4 is 5.32 Å². The Labute approximate surface area is 121 Å². The minimum Gasteiger partial charge on any atom is -0.356 e. The molecule has 0 radical (unpaired) electrons. The molecule has 4 nitrogen and oxygen atoms in total. The zero-order valence-electron chi connectivity index (χ0n) is 12.9. The van der Waals surface area contributed by atoms with Crippen LogP contribution in [0.4, 0.5) is 0 Å². The normalized spacial score (nSPS) is 15.1. The number of unbranched alkanes of at least 4 members (excludes halogenated alkanes) is 1. The summed E-state index contributed by atoms with van der Waals surface area (Å²) >= 11 is 0. The van der Waals surface area contributed by atoms with Crippen LogP contribution in [0.3, 0.4) is 0 Å². The first-order chi connectivity index (χ1) is 9.29. The van der Waals surface area contributed by atoms with E-state index in [-0.39, 0.29) is 11.8 Å². The second kappa shape index (κ2) is 7.27. The van der Waals surface area contributed by atoms with Crippen LogP contribution in [-0.4, -0.2) is 29.8 Å². The molecule has 4 heteroatoms. The summed E-state index contributed by atoms with van der Waals surface area (Å²) in [6.07, 6.45) is 6.76. The van der Waals surface area contributed by atoms with Gasteiger partial charge in [-0.1, -0.05) is 33.8 Å². The fourth-order valence-corrected chi connectivity index (χ4v) is 2.05. The van der Waals surface area contributed by atoms with Gasteiger partial charge in [-0.3, -0.25) is 9.59 Å². The van der Waals surface area contributed by atoms with E-state index in [4.69, 9.17) is 0 Å². The van der Waals surface area contributed by atoms with Crippen LogP contribution in [0.25, 0.3) is 0 Å². The summed E-state index contributed by atoms with van der Waals surface area (Å²) in [5.74, 6) is -0.0961. The summed E-state index contributed by atoms with van der Waals surface area (Å²) in [4.78, 5) is 24.6. The molecular weight excluding hydrogens is 252 g/mol. The van der Waals surface area contributed by atoms with E-state index in [0.29, 0.717) is 30.6 Å². The van der Waals surface area contributed by atoms with E-state index in [9.17, 15) is 9.59 Å². The summed E-state index contributed by atoms with van der Waals surface area (Å²) in [6.45, 7) is 11.5. The molecule has 0 aromatic rings. The van der Waals surface area contributed by atoms with Gasteiger partial charge in [-0.2, -0.15) is 0 Å². The van der Waals surface area contributed by atoms with Crippen molar-refractivity contribution in [2.75, 3.05) is 13.1 Å². The highest BCUT2D eigenvalue weighted by molar-refractivity contribution is 5.93. The number of carbonyl (C=O) groups excluding carboxylic acids is 2. The van der Waals surface area contributed by atoms with Gasteiger partial charge in [0.15, 0.2) is 0 Å². The number of hydrogen-bond acceptors (Lipinski definition) is 2. The van der Waals surface area contributed by atoms with E-state index in [1.54, 1.807) is 6.08 Å². The maximum absolute atomic E-state index is 11.7. The maximum Gasteiger partial charge on any atom is 0.251 e. The molecule has 2 amide bonds. The van der Waals surface area contributed by atoms with Crippen molar-refractivity contribution < 1.29 is 9.59 Å². The molecule has 1 heterocycles. The van der Waals surface area contributed by atoms with Crippen LogP contribution in [0.1, 0.15) is 46.5 Å². The molecule has 1 aliphatic rings. The average Bonchev–Trinajstić information content (AvgIpc) is 2.65. The molecule has 20 heavy (non-hydrogen) atoms. The smallest absolute Gasteiger partial charge is 0.251 e. The Hall–Kier alpha value is -1.58. The zero-order chi connectivity index (χ0) is 15.2. The van der Waals surface area contributed by atoms with E-state index in [1.807, 2.05) is 0 Å². The lowest BCUT2D eigenvalue weighted by Crippen LogP contribution is -2.31. The van der Waals surface area contributed by atoms with E-state index < -0.39 is 0 Å². The Bertz CT molecular complexity index is 387. The third-order valence-corrected chi connectivity index (χ3v) is 3.27. The molecule has 0 saturated carbocycles. The van der Waals surface area contributed by atoms with Crippen molar-refractivity contribution in [1.29, 1.82) is 0 Å². The van der Waals surface area contributed by atoms with Gasteiger partial charge in [-0.25, -0.2) is 0 Å². The lowest BCUT2D eigenvalue weighted by Gasteiger charge is -2.18. The van der Waals surface area contributed by atoms with Crippen LogP contribution >= 0.6 is 0 Å². The fraction of sp³-hybridized carbons (Fsp3) is 0.625. The Morgan fingerprint density at radius 3 is 2.55 bits per heavy atom. The molecule has 0 aromatic heterocycles. The number of nitrogens with one attached hydrogen (secondary N) is 1. The summed E-state index contributed by atoms with van der Waals surface area (Å²) in [6, 6.07) is 0. The van der Waals surface area contributed by atoms with E-state index in [0.717, 1.165) is 19.3 Å². The standard InChI is InChI=1S/C16H26N2O2/c1-13-7-8-15(20)18(13)12-9-14(19)17-11-6-5-10-16(2,3)4/h7-8H,1,5-6,9-12H2,2-4H3,(H,17,19). The van der Waals surface area contributed by atoms with Gasteiger partial charge in [0.25, 0.3) is 5.91 Å². The molecule has 0 aliphatic carbocycles. The summed E-state index contributed by atoms with van der Waals surface area (Å²) in [5, 5.41) is 2.90. The number of amides is 2. The van der Waals surface area contributed by atoms with E-state index in [1.165, 1.54) is 11.0 Å². The molecular formula is C16H26N2O2. The number of nitrogens with zero attached hydrogens (tertiary/aromatic N) is 1. The van der Waals surface area contributed by atoms with Crippen molar-refractivity contribution in [1.82, 2.24) is 10.2 Å². The van der Waals surface area contributed by atoms with Crippen molar-refractivity contribution in [3.63, 3.8) is 0 Å². The monoisotopic (exact) mass is 278 g/mol. The Morgan fingerprint density at radius 1 is 1.30 bits per heavy atom. The third-order valence-electron chi connectivity index (χ3n) is 3.27. The predicted molar refractivity (Wildman–Crippen MR) is 80.9 cm³/mol. The van der Waals surface area contributed by atoms with E-state index in [2.05, 4.69) is 32.7 Å². The predicted octanol–water partition coefficient (Wildman–Crippen LogP) is 2.62. The quantitative estimate of drug-likeness (QED) is 0.728. The minimum absolute atomic E-state index is 0.00624. The van der Waals surface area contributed by atoms with Crippen molar-refractivity contribution >= 4 is 11.8 Å². The third kappa shape index (κ3) is 6.04. The van der Waals surface area contributed by atoms with Crippen LogP contribution in [0.15, 0.2) is 24.4 Å². The second-order valence-corrected chi connectivity index (χ2v) is 6.43. The highest BCUT2D eigenvalue weighted by atomic mass is 16.2. The van der Waals surface area contributed by atoms with E-state index >= 15 is 0 Å². The molecule has 0 spiro atoms. The van der Waals surface area contributed by atoms with Crippen LogP contribution in [0.5, 0.6) is 0 Å². The lowest BCUT2D eigenvalue weighted by atomic mass is 9.90. The fourth-order valence-electron chi connectivity index (χ4n) is 2.05. The zero-order valence-corrected chi connectivity index (χ0v) is 12.9. The molecule has 1 N–H and O–H groups in total. The summed E-state index contributed by atoms with van der Waals surface area (Å²) in [5.41, 5.74) is 1.01. The van der Waals surface area contributed by atoms with Gasteiger partial charge in [0.05, 0.1) is 0 Å². The topological polar surface area (TPSA) is 49.4 Å². The maximum atomic E-state index is 11.7. The average molecular weight is 278 g/mol. The molecule has 1 rings (SSSR count). The highest BCUT2D eigenvalue weighted by Crippen LogP contribution is 2.21. The van der Waals surface area contributed by atoms with Gasteiger partial charge in [0.2, 0.25) is 5.91 Å². The number of allylic oxidation sites excluding steroid dienone is 1. The molecule has 0 saturated heterocycles. The summed E-state index contributed by atoms with van der Waals surface area (Å²) < 4.78 is 0. The van der Waals surface area contributed by atoms with Crippen LogP contribution in [0, 0.1) is 5.41 Å². The van der Waals surface area contributed by atoms with Gasteiger partial charge >= 0.3 is 0 Å². The van der Waals surface area contributed by atoms with Gasteiger partial charge in [-0.05, 0) is 24.3 Å². The number of carbonyl (C=O) groups is 2. The second-order valence-electron chi connectivity index (χ2n) is 6.43. The highest BCUT2D eigenvalue weighted by Gasteiger charge is 2.19. The first-order valence-electron chi connectivity index (χ1n) is 7.25. The summed E-state index contributed by atoms with van der Waals surface area (Å²) in [7, 11) is 0. The molecule has 0 fully saturated rings. The molecule has 0 aromatic carbocycles. The lowest BCUT2D eigenvalue weighted by molar-refractivity contribution is -0.124. The van der Waals surface area contributed by atoms with Crippen molar-refractivity contribution in [2.24, 2.45) is 5.41 Å². The van der Waals surface area contributed by atoms with Crippen molar-refractivity contribution in [3.8, 4) is 0 Å². The largest absolute Gasteiger partial charge is 0.356 e. The molecule has 0 unspecified atom stereocenters. The van der Waals surface area contributed by atoms with Crippen LogP contribution in [0.2, 0.25) is 0 Å². The Morgan fingerprint density at radius 2 is 2.00 bits per heavy atom. The van der Waals surface area contributed by atoms with Gasteiger partial charge in [-0.15, -0.1) is 0 Å². The molecule has 0 atom stereocenters. The first-order valence-corrected chi connectivity index (χ1v) is 7.25. The molecule has 0 bridgehead atoms. The van der Waals surface area contributed by atoms with Gasteiger partial charge < -0.3 is 10.2 Å². The Kier molecular flexibility index (Phi) is 5.99. The van der Waals surface area contributed by atoms with Crippen molar-refractivity contribution in [3.05, 3.63) is 24.4 Å². The Balaban J connectivity index is 2.09. The number of hydrogen-bond donors (Lipinski definition) is 1. The first kappa shape index (κ1) is 16.5. The molecule has 112 valence electrons. The number of rotatable bonds is 7. The van der Waals surface area contributed by atoms with Crippen LogP contribution in [-0.2, 0) is 9.59 Å². The molecule has 1 aliphatic heterocycles. The minimum atomic E-state index is -0.0898. The SMILES string of the molecule is C=C1C=CC(=O)N1CCC(=O)NCCCCC(C)(C)C.